The molecule has 2 atom stereocenters. The zero-order chi connectivity index (χ0) is 10.8. The Bertz CT molecular complexity index is 275. The first-order chi connectivity index (χ1) is 6.52. The number of hydrogen-bond donors (Lipinski definition) is 0. The zero-order valence-electron chi connectivity index (χ0n) is 9.47. The second-order valence-corrected chi connectivity index (χ2v) is 4.65. The van der Waals surface area contributed by atoms with Gasteiger partial charge < -0.3 is 4.79 Å². The van der Waals surface area contributed by atoms with Crippen LogP contribution in [0, 0.1) is 11.3 Å². The normalized spacial score (nSPS) is 32.2. The molecule has 1 aliphatic rings. The molecule has 0 saturated carbocycles. The number of hydrogen-bond acceptors (Lipinski definition) is 1. The number of carbonyl (C=O) groups excluding carboxylic acids is 1. The van der Waals surface area contributed by atoms with Crippen molar-refractivity contribution in [3.63, 3.8) is 0 Å². The Morgan fingerprint density at radius 3 is 2.93 bits per heavy atom. The van der Waals surface area contributed by atoms with E-state index in [9.17, 15) is 4.79 Å². The van der Waals surface area contributed by atoms with Gasteiger partial charge in [0.1, 0.15) is 6.29 Å². The van der Waals surface area contributed by atoms with Crippen molar-refractivity contribution in [1.29, 1.82) is 0 Å². The van der Waals surface area contributed by atoms with Crippen molar-refractivity contribution < 1.29 is 4.79 Å². The molecule has 0 bridgehead atoms. The molecule has 1 rings (SSSR count). The lowest BCUT2D eigenvalue weighted by molar-refractivity contribution is -0.109. The Morgan fingerprint density at radius 1 is 1.79 bits per heavy atom. The van der Waals surface area contributed by atoms with Crippen molar-refractivity contribution in [2.75, 3.05) is 0 Å². The van der Waals surface area contributed by atoms with Gasteiger partial charge in [0.05, 0.1) is 0 Å². The highest BCUT2D eigenvalue weighted by atomic mass is 16.1. The van der Waals surface area contributed by atoms with Gasteiger partial charge in [-0.15, -0.1) is 0 Å². The summed E-state index contributed by atoms with van der Waals surface area (Å²) < 4.78 is 0. The predicted octanol–water partition coefficient (Wildman–Crippen LogP) is 3.51. The van der Waals surface area contributed by atoms with Crippen LogP contribution in [0.1, 0.15) is 40.0 Å². The number of rotatable bonds is 3. The Balaban J connectivity index is 3.02. The minimum absolute atomic E-state index is 0.0197. The summed E-state index contributed by atoms with van der Waals surface area (Å²) in [5, 5.41) is 0. The lowest BCUT2D eigenvalue weighted by Gasteiger charge is -2.41. The predicted molar refractivity (Wildman–Crippen MR) is 60.1 cm³/mol. The molecule has 1 nitrogen and oxygen atoms in total. The molecule has 0 spiro atoms. The van der Waals surface area contributed by atoms with Crippen molar-refractivity contribution in [1.82, 2.24) is 0 Å². The summed E-state index contributed by atoms with van der Waals surface area (Å²) in [6, 6.07) is 0. The molecule has 0 aromatic heterocycles. The lowest BCUT2D eigenvalue weighted by Crippen LogP contribution is -2.32. The molecule has 1 heteroatoms. The Kier molecular flexibility index (Phi) is 3.30. The van der Waals surface area contributed by atoms with E-state index in [1.165, 1.54) is 11.1 Å². The molecule has 0 fully saturated rings. The van der Waals surface area contributed by atoms with Gasteiger partial charge in [-0.3, -0.25) is 0 Å². The van der Waals surface area contributed by atoms with E-state index in [4.69, 9.17) is 0 Å². The maximum Gasteiger partial charge on any atom is 0.120 e. The van der Waals surface area contributed by atoms with Crippen LogP contribution in [0.25, 0.3) is 0 Å². The topological polar surface area (TPSA) is 17.1 Å². The highest BCUT2D eigenvalue weighted by Crippen LogP contribution is 2.46. The van der Waals surface area contributed by atoms with Gasteiger partial charge in [-0.2, -0.15) is 0 Å². The highest BCUT2D eigenvalue weighted by Gasteiger charge is 2.37. The van der Waals surface area contributed by atoms with Gasteiger partial charge >= 0.3 is 0 Å². The molecule has 78 valence electrons. The van der Waals surface area contributed by atoms with Crippen LogP contribution >= 0.6 is 0 Å². The maximum atomic E-state index is 10.7. The first-order valence-corrected chi connectivity index (χ1v) is 5.28. The minimum Gasteiger partial charge on any atom is -0.303 e. The monoisotopic (exact) mass is 192 g/mol. The van der Waals surface area contributed by atoms with Crippen LogP contribution in [-0.2, 0) is 4.79 Å². The van der Waals surface area contributed by atoms with E-state index in [0.29, 0.717) is 12.3 Å². The fourth-order valence-corrected chi connectivity index (χ4v) is 2.56. The van der Waals surface area contributed by atoms with E-state index in [2.05, 4.69) is 33.4 Å². The summed E-state index contributed by atoms with van der Waals surface area (Å²) in [5.74, 6) is 0.470. The summed E-state index contributed by atoms with van der Waals surface area (Å²) >= 11 is 0. The molecule has 0 amide bonds. The van der Waals surface area contributed by atoms with Gasteiger partial charge in [-0.1, -0.05) is 30.7 Å². The molecule has 0 unspecified atom stereocenters. The van der Waals surface area contributed by atoms with Crippen LogP contribution in [0.2, 0.25) is 0 Å². The van der Waals surface area contributed by atoms with Crippen molar-refractivity contribution in [3.05, 3.63) is 23.8 Å². The highest BCUT2D eigenvalue weighted by molar-refractivity contribution is 5.53. The summed E-state index contributed by atoms with van der Waals surface area (Å²) in [6.07, 6.45) is 6.18. The molecular formula is C13H20O. The average molecular weight is 192 g/mol. The third-order valence-corrected chi connectivity index (χ3v) is 3.68. The molecule has 0 saturated heterocycles. The Hall–Kier alpha value is -0.850. The second-order valence-electron chi connectivity index (χ2n) is 4.65. The SMILES string of the molecule is C=C(C)[C@H]1CCC=C(C)[C@]1(C)CC=O. The molecule has 0 aromatic carbocycles. The second kappa shape index (κ2) is 4.12. The standard InChI is InChI=1S/C13H20O/c1-10(2)12-7-5-6-11(3)13(12,4)8-9-14/h6,9,12H,1,5,7-8H2,2-4H3/t12-,13+/m1/s1. The van der Waals surface area contributed by atoms with E-state index >= 15 is 0 Å². The van der Waals surface area contributed by atoms with E-state index in [0.717, 1.165) is 19.1 Å². The maximum absolute atomic E-state index is 10.7. The fourth-order valence-electron chi connectivity index (χ4n) is 2.56. The molecule has 14 heavy (non-hydrogen) atoms. The van der Waals surface area contributed by atoms with Gasteiger partial charge in [-0.05, 0) is 32.6 Å². The van der Waals surface area contributed by atoms with Crippen LogP contribution in [0.3, 0.4) is 0 Å². The number of aldehydes is 1. The summed E-state index contributed by atoms with van der Waals surface area (Å²) in [7, 11) is 0. The summed E-state index contributed by atoms with van der Waals surface area (Å²) in [6.45, 7) is 10.4. The van der Waals surface area contributed by atoms with Gasteiger partial charge in [0.2, 0.25) is 0 Å². The lowest BCUT2D eigenvalue weighted by atomic mass is 9.63. The number of allylic oxidation sites excluding steroid dienone is 3. The van der Waals surface area contributed by atoms with E-state index < -0.39 is 0 Å². The molecule has 0 radical (unpaired) electrons. The average Bonchev–Trinajstić information content (AvgIpc) is 2.10. The molecular weight excluding hydrogens is 172 g/mol. The van der Waals surface area contributed by atoms with Crippen LogP contribution in [-0.4, -0.2) is 6.29 Å². The van der Waals surface area contributed by atoms with Gasteiger partial charge in [0.15, 0.2) is 0 Å². The first-order valence-electron chi connectivity index (χ1n) is 5.28. The molecule has 0 aliphatic heterocycles. The van der Waals surface area contributed by atoms with E-state index in [-0.39, 0.29) is 5.41 Å². The molecule has 1 aliphatic carbocycles. The zero-order valence-corrected chi connectivity index (χ0v) is 9.47. The Morgan fingerprint density at radius 2 is 2.43 bits per heavy atom. The quantitative estimate of drug-likeness (QED) is 0.494. The number of carbonyl (C=O) groups is 1. The molecule has 0 heterocycles. The van der Waals surface area contributed by atoms with Crippen LogP contribution in [0.15, 0.2) is 23.8 Å². The van der Waals surface area contributed by atoms with Crippen LogP contribution < -0.4 is 0 Å². The first kappa shape index (κ1) is 11.2. The summed E-state index contributed by atoms with van der Waals surface area (Å²) in [5.41, 5.74) is 2.58. The van der Waals surface area contributed by atoms with E-state index in [1.54, 1.807) is 0 Å². The van der Waals surface area contributed by atoms with Crippen molar-refractivity contribution >= 4 is 6.29 Å². The largest absolute Gasteiger partial charge is 0.303 e. The van der Waals surface area contributed by atoms with Crippen molar-refractivity contribution in [2.45, 2.75) is 40.0 Å². The van der Waals surface area contributed by atoms with Crippen LogP contribution in [0.4, 0.5) is 0 Å². The fraction of sp³-hybridized carbons (Fsp3) is 0.615. The van der Waals surface area contributed by atoms with Crippen molar-refractivity contribution in [3.8, 4) is 0 Å². The third-order valence-electron chi connectivity index (χ3n) is 3.68. The van der Waals surface area contributed by atoms with E-state index in [1.807, 2.05) is 0 Å². The van der Waals surface area contributed by atoms with Gasteiger partial charge in [0.25, 0.3) is 0 Å². The van der Waals surface area contributed by atoms with Crippen molar-refractivity contribution in [2.24, 2.45) is 11.3 Å². The van der Waals surface area contributed by atoms with Gasteiger partial charge in [0, 0.05) is 11.8 Å². The Labute approximate surface area is 86.9 Å². The molecule has 0 N–H and O–H groups in total. The smallest absolute Gasteiger partial charge is 0.120 e. The summed E-state index contributed by atoms with van der Waals surface area (Å²) in [4.78, 5) is 10.7. The van der Waals surface area contributed by atoms with Gasteiger partial charge in [-0.25, -0.2) is 0 Å². The van der Waals surface area contributed by atoms with Crippen LogP contribution in [0.5, 0.6) is 0 Å². The minimum atomic E-state index is 0.0197. The third kappa shape index (κ3) is 1.82. The molecule has 0 aromatic rings.